The highest BCUT2D eigenvalue weighted by molar-refractivity contribution is 5.85. The van der Waals surface area contributed by atoms with Gasteiger partial charge in [0, 0.05) is 0 Å². The van der Waals surface area contributed by atoms with E-state index in [1.807, 2.05) is 0 Å². The summed E-state index contributed by atoms with van der Waals surface area (Å²) in [6, 6.07) is -0.647. The highest BCUT2D eigenvalue weighted by Crippen LogP contribution is 2.79. The van der Waals surface area contributed by atoms with Crippen LogP contribution in [0.15, 0.2) is 0 Å². The average molecular weight is 234 g/mol. The Labute approximate surface area is 96.8 Å². The first-order chi connectivity index (χ1) is 6.23. The SMILES string of the molecule is CC(C)(C)C12CC(C(N)C(=O)O)(C1)C2.Cl. The fourth-order valence-corrected chi connectivity index (χ4v) is 3.25. The normalized spacial score (nSPS) is 39.5. The van der Waals surface area contributed by atoms with E-state index in [4.69, 9.17) is 10.8 Å². The van der Waals surface area contributed by atoms with Gasteiger partial charge in [0.2, 0.25) is 0 Å². The molecule has 1 unspecified atom stereocenters. The summed E-state index contributed by atoms with van der Waals surface area (Å²) in [6.07, 6.45) is 3.03. The largest absolute Gasteiger partial charge is 0.480 e. The Bertz CT molecular complexity index is 276. The smallest absolute Gasteiger partial charge is 0.321 e. The van der Waals surface area contributed by atoms with Crippen LogP contribution in [0.2, 0.25) is 0 Å². The van der Waals surface area contributed by atoms with Crippen LogP contribution in [0.1, 0.15) is 40.0 Å². The fraction of sp³-hybridized carbons (Fsp3) is 0.909. The topological polar surface area (TPSA) is 63.3 Å². The molecule has 3 saturated carbocycles. The Hall–Kier alpha value is -0.280. The molecule has 0 aliphatic heterocycles. The molecule has 3 rings (SSSR count). The number of nitrogens with two attached hydrogens (primary N) is 1. The van der Waals surface area contributed by atoms with Crippen LogP contribution in [-0.2, 0) is 4.79 Å². The van der Waals surface area contributed by atoms with Crippen molar-refractivity contribution >= 4 is 18.4 Å². The molecule has 0 radical (unpaired) electrons. The van der Waals surface area contributed by atoms with Gasteiger partial charge in [0.1, 0.15) is 6.04 Å². The van der Waals surface area contributed by atoms with Gasteiger partial charge < -0.3 is 10.8 Å². The minimum absolute atomic E-state index is 0. The van der Waals surface area contributed by atoms with Gasteiger partial charge >= 0.3 is 5.97 Å². The van der Waals surface area contributed by atoms with Crippen molar-refractivity contribution in [1.82, 2.24) is 0 Å². The van der Waals surface area contributed by atoms with Crippen LogP contribution in [0.3, 0.4) is 0 Å². The number of rotatable bonds is 2. The molecule has 88 valence electrons. The standard InChI is InChI=1S/C11H19NO2.ClH/c1-9(2,3)11-4-10(5-11,6-11)7(12)8(13)14;/h7H,4-6,12H2,1-3H3,(H,13,14);1H. The van der Waals surface area contributed by atoms with Crippen LogP contribution >= 0.6 is 12.4 Å². The second-order valence-corrected chi connectivity index (χ2v) is 6.24. The molecule has 0 aromatic heterocycles. The first-order valence-electron chi connectivity index (χ1n) is 5.21. The highest BCUT2D eigenvalue weighted by atomic mass is 35.5. The number of carbonyl (C=O) groups is 1. The predicted octanol–water partition coefficient (Wildman–Crippen LogP) is 2.04. The van der Waals surface area contributed by atoms with Gasteiger partial charge in [-0.3, -0.25) is 4.79 Å². The molecule has 4 heteroatoms. The van der Waals surface area contributed by atoms with Crippen molar-refractivity contribution in [1.29, 1.82) is 0 Å². The zero-order valence-corrected chi connectivity index (χ0v) is 10.4. The third-order valence-electron chi connectivity index (χ3n) is 4.59. The lowest BCUT2D eigenvalue weighted by Gasteiger charge is -2.76. The molecule has 3 nitrogen and oxygen atoms in total. The highest BCUT2D eigenvalue weighted by Gasteiger charge is 2.74. The number of hydrogen-bond donors (Lipinski definition) is 2. The van der Waals surface area contributed by atoms with Crippen molar-refractivity contribution < 1.29 is 9.90 Å². The van der Waals surface area contributed by atoms with Crippen LogP contribution in [-0.4, -0.2) is 17.1 Å². The third-order valence-corrected chi connectivity index (χ3v) is 4.59. The maximum Gasteiger partial charge on any atom is 0.321 e. The first-order valence-corrected chi connectivity index (χ1v) is 5.21. The van der Waals surface area contributed by atoms with E-state index < -0.39 is 12.0 Å². The lowest BCUT2D eigenvalue weighted by molar-refractivity contribution is -0.268. The summed E-state index contributed by atoms with van der Waals surface area (Å²) in [5.41, 5.74) is 6.33. The number of carboxylic acids is 1. The minimum Gasteiger partial charge on any atom is -0.480 e. The Kier molecular flexibility index (Phi) is 2.65. The maximum absolute atomic E-state index is 10.8. The number of aliphatic carboxylic acids is 1. The average Bonchev–Trinajstić information content (AvgIpc) is 1.76. The molecule has 0 spiro atoms. The van der Waals surface area contributed by atoms with Gasteiger partial charge in [-0.05, 0) is 35.5 Å². The van der Waals surface area contributed by atoms with Crippen molar-refractivity contribution in [2.45, 2.75) is 46.1 Å². The monoisotopic (exact) mass is 233 g/mol. The summed E-state index contributed by atoms with van der Waals surface area (Å²) in [5.74, 6) is -0.841. The van der Waals surface area contributed by atoms with Crippen molar-refractivity contribution in [3.63, 3.8) is 0 Å². The van der Waals surface area contributed by atoms with E-state index in [2.05, 4.69) is 20.8 Å². The summed E-state index contributed by atoms with van der Waals surface area (Å²) in [5, 5.41) is 8.87. The summed E-state index contributed by atoms with van der Waals surface area (Å²) in [6.45, 7) is 6.72. The van der Waals surface area contributed by atoms with E-state index in [1.165, 1.54) is 0 Å². The van der Waals surface area contributed by atoms with Gasteiger partial charge in [-0.2, -0.15) is 0 Å². The molecule has 3 aliphatic rings. The molecule has 3 aliphatic carbocycles. The van der Waals surface area contributed by atoms with Crippen molar-refractivity contribution in [3.8, 4) is 0 Å². The molecule has 2 bridgehead atoms. The second kappa shape index (κ2) is 3.11. The van der Waals surface area contributed by atoms with Gasteiger partial charge in [-0.15, -0.1) is 12.4 Å². The van der Waals surface area contributed by atoms with Gasteiger partial charge in [-0.1, -0.05) is 20.8 Å². The summed E-state index contributed by atoms with van der Waals surface area (Å²) >= 11 is 0. The van der Waals surface area contributed by atoms with Gasteiger partial charge in [-0.25, -0.2) is 0 Å². The third kappa shape index (κ3) is 1.40. The first kappa shape index (κ1) is 12.8. The van der Waals surface area contributed by atoms with E-state index >= 15 is 0 Å². The zero-order valence-electron chi connectivity index (χ0n) is 9.54. The fourth-order valence-electron chi connectivity index (χ4n) is 3.25. The number of hydrogen-bond acceptors (Lipinski definition) is 2. The number of halogens is 1. The van der Waals surface area contributed by atoms with E-state index in [1.54, 1.807) is 0 Å². The Balaban J connectivity index is 0.00000112. The molecular weight excluding hydrogens is 214 g/mol. The quantitative estimate of drug-likeness (QED) is 0.767. The van der Waals surface area contributed by atoms with Gasteiger partial charge in [0.15, 0.2) is 0 Å². The molecule has 0 aromatic rings. The number of carboxylic acid groups (broad SMARTS) is 1. The lowest BCUT2D eigenvalue weighted by atomic mass is 9.28. The Morgan fingerprint density at radius 2 is 1.73 bits per heavy atom. The zero-order chi connectivity index (χ0) is 10.8. The van der Waals surface area contributed by atoms with Crippen LogP contribution < -0.4 is 5.73 Å². The molecule has 3 N–H and O–H groups in total. The molecule has 0 heterocycles. The van der Waals surface area contributed by atoms with Gasteiger partial charge in [0.25, 0.3) is 0 Å². The summed E-state index contributed by atoms with van der Waals surface area (Å²) in [7, 11) is 0. The molecular formula is C11H20ClNO2. The Morgan fingerprint density at radius 1 is 1.33 bits per heavy atom. The molecule has 0 aromatic carbocycles. The summed E-state index contributed by atoms with van der Waals surface area (Å²) in [4.78, 5) is 10.8. The predicted molar refractivity (Wildman–Crippen MR) is 61.0 cm³/mol. The van der Waals surface area contributed by atoms with Crippen LogP contribution in [0.5, 0.6) is 0 Å². The molecule has 3 fully saturated rings. The van der Waals surface area contributed by atoms with Gasteiger partial charge in [0.05, 0.1) is 0 Å². The van der Waals surface area contributed by atoms with Crippen molar-refractivity contribution in [3.05, 3.63) is 0 Å². The minimum atomic E-state index is -0.841. The molecule has 15 heavy (non-hydrogen) atoms. The molecule has 0 saturated heterocycles. The van der Waals surface area contributed by atoms with Crippen LogP contribution in [0.25, 0.3) is 0 Å². The Morgan fingerprint density at radius 3 is 2.00 bits per heavy atom. The maximum atomic E-state index is 10.8. The van der Waals surface area contributed by atoms with E-state index in [0.717, 1.165) is 19.3 Å². The molecule has 1 atom stereocenters. The van der Waals surface area contributed by atoms with E-state index in [-0.39, 0.29) is 17.8 Å². The lowest BCUT2D eigenvalue weighted by Crippen LogP contribution is -2.73. The van der Waals surface area contributed by atoms with Crippen LogP contribution in [0.4, 0.5) is 0 Å². The molecule has 0 amide bonds. The van der Waals surface area contributed by atoms with Crippen molar-refractivity contribution in [2.24, 2.45) is 22.0 Å². The van der Waals surface area contributed by atoms with Crippen LogP contribution in [0, 0.1) is 16.2 Å². The summed E-state index contributed by atoms with van der Waals surface area (Å²) < 4.78 is 0. The second-order valence-electron chi connectivity index (χ2n) is 6.24. The van der Waals surface area contributed by atoms with E-state index in [0.29, 0.717) is 10.8 Å². The van der Waals surface area contributed by atoms with E-state index in [9.17, 15) is 4.79 Å². The van der Waals surface area contributed by atoms with Crippen molar-refractivity contribution in [2.75, 3.05) is 0 Å².